The number of sulfonamides is 1. The fourth-order valence-electron chi connectivity index (χ4n) is 2.28. The highest BCUT2D eigenvalue weighted by Gasteiger charge is 2.20. The Morgan fingerprint density at radius 3 is 2.55 bits per heavy atom. The van der Waals surface area contributed by atoms with Crippen LogP contribution in [-0.2, 0) is 16.6 Å². The minimum Gasteiger partial charge on any atom is -0.472 e. The van der Waals surface area contributed by atoms with Gasteiger partial charge in [0.1, 0.15) is 29.3 Å². The molecule has 0 spiro atoms. The van der Waals surface area contributed by atoms with Crippen LogP contribution >= 0.6 is 15.9 Å². The maximum Gasteiger partial charge on any atom is 0.302 e. The lowest BCUT2D eigenvalue weighted by molar-refractivity contribution is 0.244. The number of aromatic nitrogens is 2. The van der Waals surface area contributed by atoms with E-state index >= 15 is 0 Å². The predicted octanol–water partition coefficient (Wildman–Crippen LogP) is 2.37. The number of hydrogen-bond donors (Lipinski definition) is 1. The molecule has 0 saturated carbocycles. The summed E-state index contributed by atoms with van der Waals surface area (Å²) in [6.45, 7) is 3.08. The van der Waals surface area contributed by atoms with Crippen LogP contribution in [0, 0.1) is 11.6 Å². The average molecular weight is 496 g/mol. The van der Waals surface area contributed by atoms with Crippen molar-refractivity contribution in [3.05, 3.63) is 50.2 Å². The number of nitrogens with one attached hydrogen (secondary N) is 1. The Kier molecular flexibility index (Phi) is 7.72. The lowest BCUT2D eigenvalue weighted by atomic mass is 10.2. The van der Waals surface area contributed by atoms with Gasteiger partial charge >= 0.3 is 6.01 Å². The lowest BCUT2D eigenvalue weighted by Gasteiger charge is -2.18. The second kappa shape index (κ2) is 9.63. The van der Waals surface area contributed by atoms with E-state index in [0.29, 0.717) is 0 Å². The van der Waals surface area contributed by atoms with Crippen LogP contribution in [0.2, 0.25) is 0 Å². The van der Waals surface area contributed by atoms with E-state index in [2.05, 4.69) is 25.6 Å². The summed E-state index contributed by atoms with van der Waals surface area (Å²) in [4.78, 5) is 16.8. The quantitative estimate of drug-likeness (QED) is 0.536. The molecular weight excluding hydrogens is 476 g/mol. The van der Waals surface area contributed by atoms with Crippen molar-refractivity contribution in [2.75, 3.05) is 19.4 Å². The van der Waals surface area contributed by atoms with Crippen molar-refractivity contribution < 1.29 is 26.7 Å². The summed E-state index contributed by atoms with van der Waals surface area (Å²) in [7, 11) is -3.39. The fraction of sp³-hybridized carbons (Fsp3) is 0.412. The first-order chi connectivity index (χ1) is 13.5. The highest BCUT2D eigenvalue weighted by atomic mass is 79.9. The Bertz CT molecular complexity index is 1040. The molecule has 29 heavy (non-hydrogen) atoms. The van der Waals surface area contributed by atoms with Gasteiger partial charge in [-0.05, 0) is 41.9 Å². The van der Waals surface area contributed by atoms with E-state index in [9.17, 15) is 22.0 Å². The molecule has 0 radical (unpaired) electrons. The normalized spacial score (nSPS) is 11.7. The standard InChI is InChI=1S/C17H20BrF2N3O5S/c1-10(2)23-16(24)14(18)15(22-17(23)27-7-6-21-29(3,25)26)28-9-11-4-5-12(19)8-13(11)20/h4-5,8,10,21H,6-7,9H2,1-3H3. The second-order valence-corrected chi connectivity index (χ2v) is 8.95. The molecule has 0 aliphatic rings. The molecule has 0 saturated heterocycles. The van der Waals surface area contributed by atoms with Crippen molar-refractivity contribution in [3.63, 3.8) is 0 Å². The maximum absolute atomic E-state index is 13.8. The Morgan fingerprint density at radius 2 is 1.97 bits per heavy atom. The molecule has 2 aromatic rings. The van der Waals surface area contributed by atoms with E-state index < -0.39 is 27.2 Å². The van der Waals surface area contributed by atoms with Crippen molar-refractivity contribution in [1.82, 2.24) is 14.3 Å². The Hall–Kier alpha value is -2.05. The third-order valence-electron chi connectivity index (χ3n) is 3.59. The smallest absolute Gasteiger partial charge is 0.302 e. The van der Waals surface area contributed by atoms with E-state index in [-0.39, 0.29) is 47.7 Å². The van der Waals surface area contributed by atoms with Crippen molar-refractivity contribution in [2.45, 2.75) is 26.5 Å². The molecule has 0 bridgehead atoms. The molecular formula is C17H20BrF2N3O5S. The Morgan fingerprint density at radius 1 is 1.28 bits per heavy atom. The van der Waals surface area contributed by atoms with Gasteiger partial charge in [0, 0.05) is 24.2 Å². The fourth-order valence-corrected chi connectivity index (χ4v) is 3.13. The topological polar surface area (TPSA) is 99.5 Å². The molecule has 8 nitrogen and oxygen atoms in total. The zero-order chi connectivity index (χ0) is 21.8. The van der Waals surface area contributed by atoms with Gasteiger partial charge in [0.25, 0.3) is 5.56 Å². The summed E-state index contributed by atoms with van der Waals surface area (Å²) in [5.74, 6) is -1.65. The third kappa shape index (κ3) is 6.47. The van der Waals surface area contributed by atoms with Gasteiger partial charge in [0.15, 0.2) is 0 Å². The number of nitrogens with zero attached hydrogens (tertiary/aromatic N) is 2. The molecule has 0 aliphatic heterocycles. The summed E-state index contributed by atoms with van der Waals surface area (Å²) >= 11 is 3.12. The monoisotopic (exact) mass is 495 g/mol. The van der Waals surface area contributed by atoms with E-state index in [1.54, 1.807) is 13.8 Å². The van der Waals surface area contributed by atoms with E-state index in [4.69, 9.17) is 9.47 Å². The SMILES string of the molecule is CC(C)n1c(OCCNS(C)(=O)=O)nc(OCc2ccc(F)cc2F)c(Br)c1=O. The number of ether oxygens (including phenoxy) is 2. The first-order valence-electron chi connectivity index (χ1n) is 8.45. The Balaban J connectivity index is 2.25. The molecule has 1 aromatic carbocycles. The van der Waals surface area contributed by atoms with Crippen LogP contribution in [0.5, 0.6) is 11.9 Å². The van der Waals surface area contributed by atoms with Crippen molar-refractivity contribution in [3.8, 4) is 11.9 Å². The molecule has 12 heteroatoms. The van der Waals surface area contributed by atoms with Crippen LogP contribution < -0.4 is 19.8 Å². The number of hydrogen-bond acceptors (Lipinski definition) is 6. The van der Waals surface area contributed by atoms with Gasteiger partial charge in [-0.3, -0.25) is 9.36 Å². The van der Waals surface area contributed by atoms with Crippen LogP contribution in [0.15, 0.2) is 27.5 Å². The third-order valence-corrected chi connectivity index (χ3v) is 5.00. The molecule has 160 valence electrons. The van der Waals surface area contributed by atoms with Crippen LogP contribution in [0.1, 0.15) is 25.5 Å². The molecule has 1 N–H and O–H groups in total. The molecule has 1 aromatic heterocycles. The van der Waals surface area contributed by atoms with Crippen LogP contribution in [0.25, 0.3) is 0 Å². The minimum atomic E-state index is -3.39. The van der Waals surface area contributed by atoms with E-state index in [1.165, 1.54) is 10.6 Å². The van der Waals surface area contributed by atoms with Crippen LogP contribution in [-0.4, -0.2) is 37.4 Å². The molecule has 0 amide bonds. The van der Waals surface area contributed by atoms with Crippen LogP contribution in [0.4, 0.5) is 8.78 Å². The molecule has 0 unspecified atom stereocenters. The zero-order valence-electron chi connectivity index (χ0n) is 15.9. The minimum absolute atomic E-state index is 0.00957. The first-order valence-corrected chi connectivity index (χ1v) is 11.1. The van der Waals surface area contributed by atoms with Gasteiger partial charge in [-0.15, -0.1) is 0 Å². The first kappa shape index (κ1) is 23.2. The number of halogens is 3. The molecule has 0 fully saturated rings. The largest absolute Gasteiger partial charge is 0.472 e. The predicted molar refractivity (Wildman–Crippen MR) is 106 cm³/mol. The van der Waals surface area contributed by atoms with Gasteiger partial charge in [0.2, 0.25) is 15.9 Å². The summed E-state index contributed by atoms with van der Waals surface area (Å²) in [6.07, 6.45) is 1.01. The van der Waals surface area contributed by atoms with Gasteiger partial charge in [-0.2, -0.15) is 4.98 Å². The Labute approximate surface area is 175 Å². The van der Waals surface area contributed by atoms with Gasteiger partial charge < -0.3 is 9.47 Å². The van der Waals surface area contributed by atoms with Crippen LogP contribution in [0.3, 0.4) is 0 Å². The summed E-state index contributed by atoms with van der Waals surface area (Å²) < 4.78 is 63.5. The van der Waals surface area contributed by atoms with Crippen molar-refractivity contribution in [1.29, 1.82) is 0 Å². The highest BCUT2D eigenvalue weighted by molar-refractivity contribution is 9.10. The zero-order valence-corrected chi connectivity index (χ0v) is 18.3. The molecule has 1 heterocycles. The van der Waals surface area contributed by atoms with Crippen molar-refractivity contribution in [2.24, 2.45) is 0 Å². The molecule has 0 atom stereocenters. The van der Waals surface area contributed by atoms with E-state index in [0.717, 1.165) is 18.4 Å². The van der Waals surface area contributed by atoms with Gasteiger partial charge in [0.05, 0.1) is 6.26 Å². The van der Waals surface area contributed by atoms with E-state index in [1.807, 2.05) is 0 Å². The summed E-state index contributed by atoms with van der Waals surface area (Å²) in [5, 5.41) is 0. The van der Waals surface area contributed by atoms with Gasteiger partial charge in [-0.25, -0.2) is 21.9 Å². The number of benzene rings is 1. The molecule has 2 rings (SSSR count). The summed E-state index contributed by atoms with van der Waals surface area (Å²) in [6, 6.07) is 2.64. The highest BCUT2D eigenvalue weighted by Crippen LogP contribution is 2.25. The van der Waals surface area contributed by atoms with Gasteiger partial charge in [-0.1, -0.05) is 0 Å². The molecule has 0 aliphatic carbocycles. The maximum atomic E-state index is 13.8. The van der Waals surface area contributed by atoms with Crippen molar-refractivity contribution >= 4 is 26.0 Å². The average Bonchev–Trinajstić information content (AvgIpc) is 2.60. The summed E-state index contributed by atoms with van der Waals surface area (Å²) in [5.41, 5.74) is -0.413. The second-order valence-electron chi connectivity index (χ2n) is 6.32. The lowest BCUT2D eigenvalue weighted by Crippen LogP contribution is -2.30. The number of rotatable bonds is 9.